The third-order valence-electron chi connectivity index (χ3n) is 4.91. The van der Waals surface area contributed by atoms with Gasteiger partial charge in [0.25, 0.3) is 15.9 Å². The highest BCUT2D eigenvalue weighted by Crippen LogP contribution is 2.38. The van der Waals surface area contributed by atoms with Gasteiger partial charge in [0, 0.05) is 30.5 Å². The molecule has 1 fully saturated rings. The maximum atomic E-state index is 13.3. The minimum atomic E-state index is -4.11. The molecule has 0 spiro atoms. The molecule has 1 aromatic carbocycles. The fourth-order valence-electron chi connectivity index (χ4n) is 3.57. The average molecular weight is 442 g/mol. The van der Waals surface area contributed by atoms with E-state index in [0.717, 1.165) is 12.8 Å². The molecule has 1 amide bonds. The lowest BCUT2D eigenvalue weighted by molar-refractivity contribution is 0.0788. The van der Waals surface area contributed by atoms with Crippen LogP contribution < -0.4 is 14.2 Å². The van der Waals surface area contributed by atoms with Gasteiger partial charge < -0.3 is 19.4 Å². The van der Waals surface area contributed by atoms with E-state index in [9.17, 15) is 13.2 Å². The molecule has 2 aromatic rings. The molecule has 29 heavy (non-hydrogen) atoms. The molecule has 1 aliphatic heterocycles. The van der Waals surface area contributed by atoms with E-state index in [-0.39, 0.29) is 32.8 Å². The fourth-order valence-corrected chi connectivity index (χ4v) is 5.32. The Morgan fingerprint density at radius 3 is 2.31 bits per heavy atom. The molecule has 0 radical (unpaired) electrons. The number of hydrogen-bond donors (Lipinski definition) is 2. The van der Waals surface area contributed by atoms with Gasteiger partial charge in [0.05, 0.1) is 30.5 Å². The van der Waals surface area contributed by atoms with Gasteiger partial charge in [-0.05, 0) is 32.8 Å². The number of methoxy groups -OCH3 is 2. The smallest absolute Gasteiger partial charge is 0.264 e. The van der Waals surface area contributed by atoms with Gasteiger partial charge in [-0.2, -0.15) is 0 Å². The number of nitrogens with zero attached hydrogens (tertiary/aromatic N) is 1. The van der Waals surface area contributed by atoms with Crippen molar-refractivity contribution in [2.24, 2.45) is 0 Å². The van der Waals surface area contributed by atoms with Crippen LogP contribution in [0.4, 0.5) is 5.69 Å². The number of ether oxygens (including phenoxy) is 2. The topological polar surface area (TPSA) is 101 Å². The first kappa shape index (κ1) is 21.3. The Labute approximate surface area is 175 Å². The molecule has 2 heterocycles. The number of sulfonamides is 1. The summed E-state index contributed by atoms with van der Waals surface area (Å²) in [5.41, 5.74) is 1.21. The molecule has 158 valence electrons. The fraction of sp³-hybridized carbons (Fsp3) is 0.421. The molecule has 1 aliphatic rings. The van der Waals surface area contributed by atoms with Gasteiger partial charge in [0.1, 0.15) is 16.4 Å². The zero-order valence-corrected chi connectivity index (χ0v) is 18.3. The van der Waals surface area contributed by atoms with E-state index < -0.39 is 10.0 Å². The Balaban J connectivity index is 2.05. The molecule has 0 unspecified atom stereocenters. The number of nitrogens with one attached hydrogen (secondary N) is 2. The molecule has 2 N–H and O–H groups in total. The Kier molecular flexibility index (Phi) is 6.00. The number of benzene rings is 1. The molecular formula is C19H24ClN3O5S. The van der Waals surface area contributed by atoms with Crippen LogP contribution in [0, 0.1) is 13.8 Å². The summed E-state index contributed by atoms with van der Waals surface area (Å²) < 4.78 is 39.5. The predicted octanol–water partition coefficient (Wildman–Crippen LogP) is 3.34. The molecule has 0 saturated carbocycles. The van der Waals surface area contributed by atoms with Crippen molar-refractivity contribution in [1.29, 1.82) is 0 Å². The summed E-state index contributed by atoms with van der Waals surface area (Å²) in [7, 11) is -1.24. The number of aryl methyl sites for hydroxylation is 2. The molecule has 1 saturated heterocycles. The third-order valence-corrected chi connectivity index (χ3v) is 6.74. The summed E-state index contributed by atoms with van der Waals surface area (Å²) in [6.45, 7) is 4.56. The van der Waals surface area contributed by atoms with E-state index in [1.807, 2.05) is 0 Å². The Bertz CT molecular complexity index is 1040. The molecule has 1 aromatic heterocycles. The largest absolute Gasteiger partial charge is 0.495 e. The summed E-state index contributed by atoms with van der Waals surface area (Å²) in [6.07, 6.45) is 1.83. The standard InChI is InChI=1S/C19H24ClN3O5S/c1-11-17(19(24)23-7-5-6-8-23)18(12(2)21-11)29(25,26)22-14-9-13(20)15(27-3)10-16(14)28-4/h9-10,21-22H,5-8H2,1-4H3. The number of aromatic nitrogens is 1. The number of halogens is 1. The van der Waals surface area contributed by atoms with Crippen molar-refractivity contribution in [3.8, 4) is 11.5 Å². The molecule has 3 rings (SSSR count). The Hall–Kier alpha value is -2.39. The SMILES string of the molecule is COc1cc(OC)c(NS(=O)(=O)c2c(C)[nH]c(C)c2C(=O)N2CCCC2)cc1Cl. The van der Waals surface area contributed by atoms with Gasteiger partial charge >= 0.3 is 0 Å². The van der Waals surface area contributed by atoms with Crippen molar-refractivity contribution in [3.05, 3.63) is 34.1 Å². The van der Waals surface area contributed by atoms with E-state index in [4.69, 9.17) is 21.1 Å². The number of amides is 1. The number of aromatic amines is 1. The van der Waals surface area contributed by atoms with Crippen LogP contribution in [-0.2, 0) is 10.0 Å². The lowest BCUT2D eigenvalue weighted by atomic mass is 10.2. The van der Waals surface area contributed by atoms with Gasteiger partial charge in [-0.15, -0.1) is 0 Å². The van der Waals surface area contributed by atoms with Crippen LogP contribution in [0.1, 0.15) is 34.6 Å². The minimum absolute atomic E-state index is 0.0686. The van der Waals surface area contributed by atoms with Gasteiger partial charge in [-0.3, -0.25) is 9.52 Å². The van der Waals surface area contributed by atoms with Crippen molar-refractivity contribution < 1.29 is 22.7 Å². The zero-order valence-electron chi connectivity index (χ0n) is 16.8. The lowest BCUT2D eigenvalue weighted by Gasteiger charge is -2.18. The normalized spacial score (nSPS) is 14.2. The zero-order chi connectivity index (χ0) is 21.3. The van der Waals surface area contributed by atoms with Gasteiger partial charge in [0.2, 0.25) is 0 Å². The maximum absolute atomic E-state index is 13.3. The molecular weight excluding hydrogens is 418 g/mol. The summed E-state index contributed by atoms with van der Waals surface area (Å²) >= 11 is 6.15. The van der Waals surface area contributed by atoms with E-state index in [2.05, 4.69) is 9.71 Å². The second kappa shape index (κ2) is 8.16. The van der Waals surface area contributed by atoms with Crippen LogP contribution in [0.25, 0.3) is 0 Å². The molecule has 8 nitrogen and oxygen atoms in total. The summed E-state index contributed by atoms with van der Waals surface area (Å²) in [5, 5.41) is 0.223. The number of H-pyrrole nitrogens is 1. The van der Waals surface area contributed by atoms with Crippen molar-refractivity contribution in [2.45, 2.75) is 31.6 Å². The summed E-state index contributed by atoms with van der Waals surface area (Å²) in [4.78, 5) is 17.6. The van der Waals surface area contributed by atoms with Gasteiger partial charge in [-0.1, -0.05) is 11.6 Å². The number of likely N-dealkylation sites (tertiary alicyclic amines) is 1. The Morgan fingerprint density at radius 2 is 1.72 bits per heavy atom. The van der Waals surface area contributed by atoms with Crippen molar-refractivity contribution in [3.63, 3.8) is 0 Å². The van der Waals surface area contributed by atoms with Crippen LogP contribution in [-0.4, -0.2) is 51.5 Å². The van der Waals surface area contributed by atoms with Gasteiger partial charge in [-0.25, -0.2) is 8.42 Å². The highest BCUT2D eigenvalue weighted by atomic mass is 35.5. The minimum Gasteiger partial charge on any atom is -0.495 e. The van der Waals surface area contributed by atoms with E-state index in [1.165, 1.54) is 26.4 Å². The Morgan fingerprint density at radius 1 is 1.10 bits per heavy atom. The summed E-state index contributed by atoms with van der Waals surface area (Å²) in [6, 6.07) is 2.90. The molecule has 0 aliphatic carbocycles. The maximum Gasteiger partial charge on any atom is 0.264 e. The van der Waals surface area contributed by atoms with Crippen LogP contribution in [0.3, 0.4) is 0 Å². The highest BCUT2D eigenvalue weighted by molar-refractivity contribution is 7.92. The molecule has 0 bridgehead atoms. The number of hydrogen-bond acceptors (Lipinski definition) is 5. The number of rotatable bonds is 6. The van der Waals surface area contributed by atoms with Crippen LogP contribution in [0.5, 0.6) is 11.5 Å². The summed E-state index contributed by atoms with van der Waals surface area (Å²) in [5.74, 6) is 0.307. The van der Waals surface area contributed by atoms with Crippen LogP contribution in [0.15, 0.2) is 17.0 Å². The van der Waals surface area contributed by atoms with Crippen molar-refractivity contribution in [2.75, 3.05) is 32.0 Å². The first-order valence-corrected chi connectivity index (χ1v) is 11.0. The van der Waals surface area contributed by atoms with Crippen LogP contribution in [0.2, 0.25) is 5.02 Å². The highest BCUT2D eigenvalue weighted by Gasteiger charge is 2.33. The van der Waals surface area contributed by atoms with Crippen LogP contribution >= 0.6 is 11.6 Å². The number of carbonyl (C=O) groups is 1. The first-order valence-electron chi connectivity index (χ1n) is 9.12. The monoisotopic (exact) mass is 441 g/mol. The lowest BCUT2D eigenvalue weighted by Crippen LogP contribution is -2.29. The predicted molar refractivity (Wildman–Crippen MR) is 111 cm³/mol. The number of anilines is 1. The van der Waals surface area contributed by atoms with E-state index in [1.54, 1.807) is 18.7 Å². The van der Waals surface area contributed by atoms with Gasteiger partial charge in [0.15, 0.2) is 0 Å². The second-order valence-corrected chi connectivity index (χ2v) is 8.90. The second-order valence-electron chi connectivity index (χ2n) is 6.87. The van der Waals surface area contributed by atoms with Crippen molar-refractivity contribution >= 4 is 33.2 Å². The third kappa shape index (κ3) is 4.02. The quantitative estimate of drug-likeness (QED) is 0.716. The van der Waals surface area contributed by atoms with E-state index in [0.29, 0.717) is 30.2 Å². The van der Waals surface area contributed by atoms with Crippen molar-refractivity contribution in [1.82, 2.24) is 9.88 Å². The number of carbonyl (C=O) groups excluding carboxylic acids is 1. The first-order chi connectivity index (χ1) is 13.7. The molecule has 0 atom stereocenters. The average Bonchev–Trinajstić information content (AvgIpc) is 3.29. The molecule has 10 heteroatoms. The van der Waals surface area contributed by atoms with E-state index >= 15 is 0 Å².